The van der Waals surface area contributed by atoms with Crippen LogP contribution in [0.5, 0.6) is 0 Å². The number of rotatable bonds is 8. The molecule has 0 heterocycles. The molecule has 0 spiro atoms. The molecule has 2 aliphatic carbocycles. The smallest absolute Gasteiger partial charge is 0.304 e. The number of nitrogens with one attached hydrogen (secondary N) is 1. The summed E-state index contributed by atoms with van der Waals surface area (Å²) in [6, 6.07) is 4.46. The summed E-state index contributed by atoms with van der Waals surface area (Å²) < 4.78 is 40.0. The maximum absolute atomic E-state index is 12.9. The van der Waals surface area contributed by atoms with E-state index in [0.717, 1.165) is 12.3 Å². The van der Waals surface area contributed by atoms with Gasteiger partial charge in [0.2, 0.25) is 0 Å². The first-order valence-electron chi connectivity index (χ1n) is 9.93. The first-order chi connectivity index (χ1) is 13.7. The van der Waals surface area contributed by atoms with Crippen LogP contribution in [0.15, 0.2) is 35.9 Å². The molecule has 0 aliphatic heterocycles. The van der Waals surface area contributed by atoms with E-state index in [9.17, 15) is 17.6 Å². The molecule has 0 aromatic heterocycles. The van der Waals surface area contributed by atoms with Crippen LogP contribution in [0.4, 0.5) is 4.39 Å². The number of carbonyl (C=O) groups is 1. The van der Waals surface area contributed by atoms with Gasteiger partial charge in [0.1, 0.15) is 5.82 Å². The third kappa shape index (κ3) is 6.15. The number of carboxylic acid groups (broad SMARTS) is 1. The van der Waals surface area contributed by atoms with E-state index >= 15 is 0 Å². The zero-order valence-electron chi connectivity index (χ0n) is 16.4. The zero-order chi connectivity index (χ0) is 21.0. The molecule has 0 saturated heterocycles. The molecule has 1 aromatic carbocycles. The van der Waals surface area contributed by atoms with Gasteiger partial charge in [-0.15, -0.1) is 0 Å². The molecule has 4 atom stereocenters. The number of fused-ring (bicyclic) bond motifs is 2. The van der Waals surface area contributed by atoms with Crippen LogP contribution < -0.4 is 4.72 Å². The zero-order valence-corrected chi connectivity index (χ0v) is 17.2. The molecule has 0 radical (unpaired) electrons. The molecule has 2 N–H and O–H groups in total. The summed E-state index contributed by atoms with van der Waals surface area (Å²) in [5.41, 5.74) is 1.88. The Bertz CT molecular complexity index is 943. The van der Waals surface area contributed by atoms with E-state index in [-0.39, 0.29) is 6.42 Å². The topological polar surface area (TPSA) is 83.5 Å². The fourth-order valence-electron chi connectivity index (χ4n) is 4.40. The largest absolute Gasteiger partial charge is 0.481 e. The average molecular weight is 420 g/mol. The van der Waals surface area contributed by atoms with E-state index in [2.05, 4.69) is 28.9 Å². The van der Waals surface area contributed by atoms with Gasteiger partial charge in [0.25, 0.3) is 10.0 Å². The second-order valence-corrected chi connectivity index (χ2v) is 9.58. The number of hydrogen-bond donors (Lipinski definition) is 2. The van der Waals surface area contributed by atoms with Gasteiger partial charge in [-0.1, -0.05) is 18.6 Å². The van der Waals surface area contributed by atoms with Gasteiger partial charge in [0.15, 0.2) is 0 Å². The molecule has 1 saturated carbocycles. The highest BCUT2D eigenvalue weighted by Gasteiger charge is 2.36. The number of halogens is 1. The monoisotopic (exact) mass is 419 g/mol. The Labute approximate surface area is 171 Å². The molecule has 0 amide bonds. The van der Waals surface area contributed by atoms with Gasteiger partial charge < -0.3 is 5.11 Å². The van der Waals surface area contributed by atoms with Crippen LogP contribution in [-0.2, 0) is 14.8 Å². The van der Waals surface area contributed by atoms with Crippen molar-refractivity contribution in [2.45, 2.75) is 51.5 Å². The van der Waals surface area contributed by atoms with Crippen molar-refractivity contribution >= 4 is 16.0 Å². The molecule has 3 rings (SSSR count). The van der Waals surface area contributed by atoms with Crippen LogP contribution in [0.2, 0.25) is 0 Å². The van der Waals surface area contributed by atoms with Crippen molar-refractivity contribution in [1.29, 1.82) is 0 Å². The van der Waals surface area contributed by atoms with Gasteiger partial charge in [0.05, 0.1) is 6.42 Å². The lowest BCUT2D eigenvalue weighted by molar-refractivity contribution is -0.137. The maximum Gasteiger partial charge on any atom is 0.304 e. The standard InChI is InChI=1S/C22H26FNO4S/c1-15(21-13-17-3-6-18(21)12-17)2-9-20(14-22(25)26)24-29(27,28)11-10-16-4-7-19(23)8-5-16/h4-8,15,17,20-21,24H,2-3,9,12-14H2,1H3,(H,25,26). The number of benzene rings is 1. The molecule has 156 valence electrons. The lowest BCUT2D eigenvalue weighted by atomic mass is 9.82. The third-order valence-electron chi connectivity index (χ3n) is 5.88. The summed E-state index contributed by atoms with van der Waals surface area (Å²) in [6.07, 6.45) is 6.77. The van der Waals surface area contributed by atoms with Crippen molar-refractivity contribution < 1.29 is 22.7 Å². The quantitative estimate of drug-likeness (QED) is 0.497. The highest BCUT2D eigenvalue weighted by Crippen LogP contribution is 2.48. The second kappa shape index (κ2) is 9.10. The van der Waals surface area contributed by atoms with E-state index in [4.69, 9.17) is 5.11 Å². The Kier molecular flexibility index (Phi) is 6.76. The second-order valence-electron chi connectivity index (χ2n) is 8.13. The van der Waals surface area contributed by atoms with Crippen molar-refractivity contribution in [3.63, 3.8) is 0 Å². The lowest BCUT2D eigenvalue weighted by Crippen LogP contribution is -2.36. The fourth-order valence-corrected chi connectivity index (χ4v) is 5.35. The normalized spacial score (nSPS) is 22.5. The molecule has 2 aliphatic rings. The number of hydrogen-bond acceptors (Lipinski definition) is 3. The summed E-state index contributed by atoms with van der Waals surface area (Å²) in [7, 11) is -3.99. The van der Waals surface area contributed by atoms with Gasteiger partial charge >= 0.3 is 5.97 Å². The fraction of sp³-hybridized carbons (Fsp3) is 0.500. The van der Waals surface area contributed by atoms with E-state index in [1.54, 1.807) is 0 Å². The van der Waals surface area contributed by atoms with E-state index in [1.165, 1.54) is 49.1 Å². The van der Waals surface area contributed by atoms with Crippen LogP contribution in [0, 0.1) is 34.7 Å². The van der Waals surface area contributed by atoms with Crippen LogP contribution >= 0.6 is 0 Å². The van der Waals surface area contributed by atoms with Crippen molar-refractivity contribution in [1.82, 2.24) is 4.72 Å². The van der Waals surface area contributed by atoms with Crippen LogP contribution in [0.1, 0.15) is 51.0 Å². The van der Waals surface area contributed by atoms with Gasteiger partial charge in [-0.05, 0) is 80.0 Å². The molecular weight excluding hydrogens is 393 g/mol. The molecule has 4 unspecified atom stereocenters. The summed E-state index contributed by atoms with van der Waals surface area (Å²) in [5, 5.41) is 11.3. The third-order valence-corrected chi connectivity index (χ3v) is 6.89. The SMILES string of the molecule is CC(CCC(CC(=O)O)NS(=O)(=O)C#Cc1ccc(F)cc1)C1CC2CC=C1C2. The Hall–Kier alpha value is -2.17. The average Bonchev–Trinajstić information content (AvgIpc) is 3.28. The van der Waals surface area contributed by atoms with Crippen molar-refractivity contribution in [2.75, 3.05) is 0 Å². The lowest BCUT2D eigenvalue weighted by Gasteiger charge is -2.25. The maximum atomic E-state index is 12.9. The summed E-state index contributed by atoms with van der Waals surface area (Å²) >= 11 is 0. The van der Waals surface area contributed by atoms with Gasteiger partial charge in [-0.2, -0.15) is 8.42 Å². The molecule has 29 heavy (non-hydrogen) atoms. The van der Waals surface area contributed by atoms with Crippen LogP contribution in [0.3, 0.4) is 0 Å². The first-order valence-corrected chi connectivity index (χ1v) is 11.4. The van der Waals surface area contributed by atoms with E-state index in [1.807, 2.05) is 0 Å². The molecular formula is C22H26FNO4S. The van der Waals surface area contributed by atoms with Gasteiger partial charge in [0, 0.05) is 16.9 Å². The summed E-state index contributed by atoms with van der Waals surface area (Å²) in [6.45, 7) is 2.16. The molecule has 1 aromatic rings. The van der Waals surface area contributed by atoms with Gasteiger partial charge in [-0.25, -0.2) is 9.11 Å². The Morgan fingerprint density at radius 1 is 1.31 bits per heavy atom. The summed E-state index contributed by atoms with van der Waals surface area (Å²) in [4.78, 5) is 11.2. The minimum absolute atomic E-state index is 0.292. The number of aliphatic carboxylic acids is 1. The predicted octanol–water partition coefficient (Wildman–Crippen LogP) is 3.67. The minimum atomic E-state index is -3.99. The van der Waals surface area contributed by atoms with Crippen LogP contribution in [0.25, 0.3) is 0 Å². The van der Waals surface area contributed by atoms with Crippen molar-refractivity contribution in [2.24, 2.45) is 17.8 Å². The van der Waals surface area contributed by atoms with Crippen LogP contribution in [-0.4, -0.2) is 25.5 Å². The Balaban J connectivity index is 1.60. The van der Waals surface area contributed by atoms with Gasteiger partial charge in [-0.3, -0.25) is 4.79 Å². The highest BCUT2D eigenvalue weighted by molar-refractivity contribution is 7.94. The van der Waals surface area contributed by atoms with Crippen molar-refractivity contribution in [3.05, 3.63) is 47.3 Å². The van der Waals surface area contributed by atoms with Crippen molar-refractivity contribution in [3.8, 4) is 11.2 Å². The number of sulfonamides is 1. The molecule has 5 nitrogen and oxygen atoms in total. The van der Waals surface area contributed by atoms with E-state index < -0.39 is 27.9 Å². The molecule has 2 bridgehead atoms. The highest BCUT2D eigenvalue weighted by atomic mass is 32.2. The summed E-state index contributed by atoms with van der Waals surface area (Å²) in [5.74, 6) is 2.67. The molecule has 1 fully saturated rings. The van der Waals surface area contributed by atoms with E-state index in [0.29, 0.717) is 23.8 Å². The number of allylic oxidation sites excluding steroid dienone is 2. The Morgan fingerprint density at radius 2 is 2.03 bits per heavy atom. The molecule has 7 heteroatoms. The minimum Gasteiger partial charge on any atom is -0.481 e. The number of carboxylic acids is 1. The first kappa shape index (κ1) is 21.5. The predicted molar refractivity (Wildman–Crippen MR) is 109 cm³/mol. The Morgan fingerprint density at radius 3 is 2.62 bits per heavy atom.